The van der Waals surface area contributed by atoms with E-state index in [-0.39, 0.29) is 18.2 Å². The highest BCUT2D eigenvalue weighted by atomic mass is 16.1. The summed E-state index contributed by atoms with van der Waals surface area (Å²) < 4.78 is 0. The lowest BCUT2D eigenvalue weighted by molar-refractivity contribution is -0.118. The molecule has 2 aromatic carbocycles. The van der Waals surface area contributed by atoms with Gasteiger partial charge in [0.15, 0.2) is 5.78 Å². The summed E-state index contributed by atoms with van der Waals surface area (Å²) in [6, 6.07) is 16.9. The maximum absolute atomic E-state index is 12.4. The largest absolute Gasteiger partial charge is 0.376 e. The molecule has 0 aliphatic rings. The van der Waals surface area contributed by atoms with Gasteiger partial charge in [0.05, 0.1) is 6.54 Å². The highest BCUT2D eigenvalue weighted by Gasteiger charge is 2.12. The summed E-state index contributed by atoms with van der Waals surface area (Å²) in [5.41, 5.74) is 2.26. The van der Waals surface area contributed by atoms with Crippen molar-refractivity contribution in [3.05, 3.63) is 65.7 Å². The Morgan fingerprint density at radius 1 is 0.952 bits per heavy atom. The number of carbonyl (C=O) groups excluding carboxylic acids is 2. The Hall–Kier alpha value is -2.62. The maximum atomic E-state index is 12.4. The molecule has 0 atom stereocenters. The van der Waals surface area contributed by atoms with Crippen LogP contribution in [-0.4, -0.2) is 25.3 Å². The lowest BCUT2D eigenvalue weighted by Gasteiger charge is -2.10. The quantitative estimate of drug-likeness (QED) is 0.799. The standard InChI is InChI=1S/C17H18N2O2/c1-18-17(21)12-19-15-10-6-5-9-14(15)16(20)11-13-7-3-2-4-8-13/h2-10,19H,11-12H2,1H3,(H,18,21). The van der Waals surface area contributed by atoms with Crippen molar-refractivity contribution in [3.63, 3.8) is 0 Å². The molecule has 0 saturated heterocycles. The number of Topliss-reactive ketones (excluding diaryl/α,β-unsaturated/α-hetero) is 1. The fourth-order valence-electron chi connectivity index (χ4n) is 2.02. The number of rotatable bonds is 6. The molecule has 4 heteroatoms. The van der Waals surface area contributed by atoms with Crippen molar-refractivity contribution >= 4 is 17.4 Å². The van der Waals surface area contributed by atoms with Crippen LogP contribution < -0.4 is 10.6 Å². The second kappa shape index (κ2) is 7.24. The van der Waals surface area contributed by atoms with Crippen LogP contribution in [0.4, 0.5) is 5.69 Å². The number of ketones is 1. The van der Waals surface area contributed by atoms with Crippen molar-refractivity contribution in [2.24, 2.45) is 0 Å². The number of nitrogens with one attached hydrogen (secondary N) is 2. The minimum Gasteiger partial charge on any atom is -0.376 e. The van der Waals surface area contributed by atoms with E-state index in [1.54, 1.807) is 19.2 Å². The molecular weight excluding hydrogens is 264 g/mol. The number of hydrogen-bond acceptors (Lipinski definition) is 3. The minimum atomic E-state index is -0.125. The molecule has 0 aliphatic carbocycles. The Morgan fingerprint density at radius 3 is 2.33 bits per heavy atom. The van der Waals surface area contributed by atoms with Crippen LogP contribution in [0.1, 0.15) is 15.9 Å². The van der Waals surface area contributed by atoms with Crippen LogP contribution in [0.25, 0.3) is 0 Å². The van der Waals surface area contributed by atoms with E-state index < -0.39 is 0 Å². The summed E-state index contributed by atoms with van der Waals surface area (Å²) in [5.74, 6) is -0.0958. The third-order valence-electron chi connectivity index (χ3n) is 3.15. The Bertz CT molecular complexity index is 624. The fraction of sp³-hybridized carbons (Fsp3) is 0.176. The number of para-hydroxylation sites is 1. The molecule has 2 aromatic rings. The third kappa shape index (κ3) is 4.18. The van der Waals surface area contributed by atoms with Gasteiger partial charge in [0, 0.05) is 24.7 Å². The molecule has 0 aliphatic heterocycles. The van der Waals surface area contributed by atoms with E-state index in [2.05, 4.69) is 10.6 Å². The van der Waals surface area contributed by atoms with Gasteiger partial charge in [-0.3, -0.25) is 9.59 Å². The van der Waals surface area contributed by atoms with Gasteiger partial charge in [-0.1, -0.05) is 42.5 Å². The summed E-state index contributed by atoms with van der Waals surface area (Å²) in [6.07, 6.45) is 0.347. The van der Waals surface area contributed by atoms with Crippen LogP contribution >= 0.6 is 0 Å². The first-order chi connectivity index (χ1) is 10.2. The first-order valence-electron chi connectivity index (χ1n) is 6.81. The summed E-state index contributed by atoms with van der Waals surface area (Å²) in [7, 11) is 1.58. The van der Waals surface area contributed by atoms with E-state index in [4.69, 9.17) is 0 Å². The van der Waals surface area contributed by atoms with Crippen molar-refractivity contribution in [2.45, 2.75) is 6.42 Å². The van der Waals surface area contributed by atoms with Crippen LogP contribution in [-0.2, 0) is 11.2 Å². The monoisotopic (exact) mass is 282 g/mol. The number of hydrogen-bond donors (Lipinski definition) is 2. The molecular formula is C17H18N2O2. The molecule has 0 fully saturated rings. The number of carbonyl (C=O) groups is 2. The zero-order valence-corrected chi connectivity index (χ0v) is 11.9. The van der Waals surface area contributed by atoms with Crippen LogP contribution in [0, 0.1) is 0 Å². The lowest BCUT2D eigenvalue weighted by atomic mass is 10.0. The summed E-state index contributed by atoms with van der Waals surface area (Å²) in [6.45, 7) is 0.145. The molecule has 1 amide bonds. The number of amides is 1. The number of benzene rings is 2. The van der Waals surface area contributed by atoms with Crippen molar-refractivity contribution in [1.29, 1.82) is 0 Å². The normalized spacial score (nSPS) is 9.95. The molecule has 0 aromatic heterocycles. The van der Waals surface area contributed by atoms with Crippen molar-refractivity contribution in [1.82, 2.24) is 5.32 Å². The van der Waals surface area contributed by atoms with Gasteiger partial charge >= 0.3 is 0 Å². The van der Waals surface area contributed by atoms with Crippen molar-refractivity contribution in [2.75, 3.05) is 18.9 Å². The zero-order valence-electron chi connectivity index (χ0n) is 11.9. The Kier molecular flexibility index (Phi) is 5.10. The Morgan fingerprint density at radius 2 is 1.62 bits per heavy atom. The van der Waals surface area contributed by atoms with E-state index in [0.29, 0.717) is 17.7 Å². The van der Waals surface area contributed by atoms with Gasteiger partial charge in [-0.15, -0.1) is 0 Å². The van der Waals surface area contributed by atoms with Crippen LogP contribution in [0.2, 0.25) is 0 Å². The number of anilines is 1. The molecule has 0 radical (unpaired) electrons. The van der Waals surface area contributed by atoms with Crippen LogP contribution in [0.3, 0.4) is 0 Å². The van der Waals surface area contributed by atoms with E-state index in [1.165, 1.54) is 0 Å². The second-order valence-electron chi connectivity index (χ2n) is 4.66. The average Bonchev–Trinajstić information content (AvgIpc) is 2.53. The molecule has 2 rings (SSSR count). The molecule has 0 heterocycles. The van der Waals surface area contributed by atoms with Gasteiger partial charge in [0.2, 0.25) is 5.91 Å². The van der Waals surface area contributed by atoms with Gasteiger partial charge in [0.25, 0.3) is 0 Å². The van der Waals surface area contributed by atoms with Gasteiger partial charge in [0.1, 0.15) is 0 Å². The van der Waals surface area contributed by atoms with E-state index in [0.717, 1.165) is 5.56 Å². The van der Waals surface area contributed by atoms with Gasteiger partial charge in [-0.25, -0.2) is 0 Å². The summed E-state index contributed by atoms with van der Waals surface area (Å²) >= 11 is 0. The molecule has 0 unspecified atom stereocenters. The smallest absolute Gasteiger partial charge is 0.239 e. The molecule has 0 bridgehead atoms. The van der Waals surface area contributed by atoms with Crippen molar-refractivity contribution < 1.29 is 9.59 Å². The SMILES string of the molecule is CNC(=O)CNc1ccccc1C(=O)Cc1ccccc1. The van der Waals surface area contributed by atoms with E-state index in [9.17, 15) is 9.59 Å². The molecule has 0 spiro atoms. The zero-order chi connectivity index (χ0) is 15.1. The van der Waals surface area contributed by atoms with Crippen LogP contribution in [0.15, 0.2) is 54.6 Å². The lowest BCUT2D eigenvalue weighted by Crippen LogP contribution is -2.26. The average molecular weight is 282 g/mol. The topological polar surface area (TPSA) is 58.2 Å². The molecule has 21 heavy (non-hydrogen) atoms. The molecule has 0 saturated carbocycles. The predicted molar refractivity (Wildman–Crippen MR) is 83.5 cm³/mol. The Balaban J connectivity index is 2.11. The highest BCUT2D eigenvalue weighted by Crippen LogP contribution is 2.17. The summed E-state index contributed by atoms with van der Waals surface area (Å²) in [5, 5.41) is 5.54. The van der Waals surface area contributed by atoms with Gasteiger partial charge in [-0.2, -0.15) is 0 Å². The predicted octanol–water partition coefficient (Wildman–Crippen LogP) is 2.27. The molecule has 4 nitrogen and oxygen atoms in total. The van der Waals surface area contributed by atoms with E-state index >= 15 is 0 Å². The van der Waals surface area contributed by atoms with Crippen molar-refractivity contribution in [3.8, 4) is 0 Å². The van der Waals surface area contributed by atoms with Gasteiger partial charge in [-0.05, 0) is 17.7 Å². The third-order valence-corrected chi connectivity index (χ3v) is 3.15. The first kappa shape index (κ1) is 14.8. The molecule has 2 N–H and O–H groups in total. The fourth-order valence-corrected chi connectivity index (χ4v) is 2.02. The number of likely N-dealkylation sites (N-methyl/N-ethyl adjacent to an activating group) is 1. The summed E-state index contributed by atoms with van der Waals surface area (Å²) in [4.78, 5) is 23.7. The second-order valence-corrected chi connectivity index (χ2v) is 4.66. The van der Waals surface area contributed by atoms with Gasteiger partial charge < -0.3 is 10.6 Å². The highest BCUT2D eigenvalue weighted by molar-refractivity contribution is 6.02. The first-order valence-corrected chi connectivity index (χ1v) is 6.81. The Labute approximate surface area is 124 Å². The van der Waals surface area contributed by atoms with Crippen LogP contribution in [0.5, 0.6) is 0 Å². The van der Waals surface area contributed by atoms with E-state index in [1.807, 2.05) is 42.5 Å². The minimum absolute atomic E-state index is 0.0289. The maximum Gasteiger partial charge on any atom is 0.239 e. The molecule has 108 valence electrons.